The SMILES string of the molecule is NC(=O)[C@@H](N)[C@@H](O)CO. The number of rotatable bonds is 3. The summed E-state index contributed by atoms with van der Waals surface area (Å²) in [6.07, 6.45) is -1.25. The normalized spacial score (nSPS) is 16.8. The van der Waals surface area contributed by atoms with Crippen LogP contribution in [0.4, 0.5) is 0 Å². The molecule has 0 radical (unpaired) electrons. The lowest BCUT2D eigenvalue weighted by atomic mass is 10.2. The molecule has 0 bridgehead atoms. The minimum atomic E-state index is -1.25. The van der Waals surface area contributed by atoms with Gasteiger partial charge < -0.3 is 21.7 Å². The molecule has 0 unspecified atom stereocenters. The molecule has 9 heavy (non-hydrogen) atoms. The fourth-order valence-electron chi connectivity index (χ4n) is 0.303. The van der Waals surface area contributed by atoms with Crippen LogP contribution in [0.25, 0.3) is 0 Å². The second-order valence-corrected chi connectivity index (χ2v) is 1.68. The van der Waals surface area contributed by atoms with Crippen molar-refractivity contribution in [2.45, 2.75) is 12.1 Å². The summed E-state index contributed by atoms with van der Waals surface area (Å²) in [6.45, 7) is -0.551. The molecule has 0 fully saturated rings. The van der Waals surface area contributed by atoms with Gasteiger partial charge in [-0.05, 0) is 0 Å². The molecule has 0 spiro atoms. The molecule has 6 N–H and O–H groups in total. The Bertz CT molecular complexity index is 106. The number of nitrogens with two attached hydrogens (primary N) is 2. The Morgan fingerprint density at radius 3 is 2.22 bits per heavy atom. The highest BCUT2D eigenvalue weighted by atomic mass is 16.3. The van der Waals surface area contributed by atoms with Gasteiger partial charge in [-0.2, -0.15) is 0 Å². The second kappa shape index (κ2) is 3.39. The monoisotopic (exact) mass is 134 g/mol. The molecule has 0 saturated carbocycles. The van der Waals surface area contributed by atoms with Gasteiger partial charge in [0.2, 0.25) is 5.91 Å². The Morgan fingerprint density at radius 2 is 2.11 bits per heavy atom. The van der Waals surface area contributed by atoms with Crippen LogP contribution in [0.1, 0.15) is 0 Å². The van der Waals surface area contributed by atoms with Gasteiger partial charge in [-0.3, -0.25) is 4.79 Å². The van der Waals surface area contributed by atoms with Crippen LogP contribution >= 0.6 is 0 Å². The first-order chi connectivity index (χ1) is 4.09. The van der Waals surface area contributed by atoms with Crippen molar-refractivity contribution in [3.05, 3.63) is 0 Å². The van der Waals surface area contributed by atoms with Crippen molar-refractivity contribution in [2.75, 3.05) is 6.61 Å². The van der Waals surface area contributed by atoms with E-state index in [2.05, 4.69) is 5.73 Å². The van der Waals surface area contributed by atoms with Crippen LogP contribution in [-0.2, 0) is 4.79 Å². The molecule has 0 aliphatic rings. The lowest BCUT2D eigenvalue weighted by Gasteiger charge is -2.11. The van der Waals surface area contributed by atoms with Crippen molar-refractivity contribution < 1.29 is 15.0 Å². The van der Waals surface area contributed by atoms with Gasteiger partial charge in [0.25, 0.3) is 0 Å². The molecule has 5 heteroatoms. The molecular formula is C4H10N2O3. The van der Waals surface area contributed by atoms with E-state index in [4.69, 9.17) is 15.9 Å². The minimum absolute atomic E-state index is 0.551. The van der Waals surface area contributed by atoms with Crippen LogP contribution in [0, 0.1) is 0 Å². The number of aliphatic hydroxyl groups is 2. The van der Waals surface area contributed by atoms with Crippen LogP contribution in [0.3, 0.4) is 0 Å². The molecule has 0 aliphatic heterocycles. The fraction of sp³-hybridized carbons (Fsp3) is 0.750. The lowest BCUT2D eigenvalue weighted by molar-refractivity contribution is -0.122. The van der Waals surface area contributed by atoms with Gasteiger partial charge in [0.15, 0.2) is 0 Å². The van der Waals surface area contributed by atoms with Crippen molar-refractivity contribution >= 4 is 5.91 Å². The highest BCUT2D eigenvalue weighted by Gasteiger charge is 2.18. The van der Waals surface area contributed by atoms with Gasteiger partial charge in [-0.1, -0.05) is 0 Å². The number of aliphatic hydroxyl groups excluding tert-OH is 2. The third kappa shape index (κ3) is 2.41. The number of amides is 1. The summed E-state index contributed by atoms with van der Waals surface area (Å²) in [5.74, 6) is -0.823. The molecule has 0 aliphatic carbocycles. The van der Waals surface area contributed by atoms with E-state index in [0.717, 1.165) is 0 Å². The van der Waals surface area contributed by atoms with E-state index >= 15 is 0 Å². The zero-order chi connectivity index (χ0) is 7.44. The Morgan fingerprint density at radius 1 is 1.67 bits per heavy atom. The molecule has 5 nitrogen and oxygen atoms in total. The summed E-state index contributed by atoms with van der Waals surface area (Å²) in [6, 6.07) is -1.17. The zero-order valence-corrected chi connectivity index (χ0v) is 4.82. The van der Waals surface area contributed by atoms with Gasteiger partial charge >= 0.3 is 0 Å². The highest BCUT2D eigenvalue weighted by Crippen LogP contribution is 1.85. The number of hydrogen-bond acceptors (Lipinski definition) is 4. The maximum absolute atomic E-state index is 10.1. The van der Waals surface area contributed by atoms with Crippen molar-refractivity contribution in [1.29, 1.82) is 0 Å². The molecule has 0 aromatic rings. The quantitative estimate of drug-likeness (QED) is 0.333. The van der Waals surface area contributed by atoms with Gasteiger partial charge in [-0.15, -0.1) is 0 Å². The average Bonchev–Trinajstić information content (AvgIpc) is 1.84. The van der Waals surface area contributed by atoms with Crippen LogP contribution in [0.5, 0.6) is 0 Å². The standard InChI is InChI=1S/C4H10N2O3/c5-3(4(6)9)2(8)1-7/h2-3,7-8H,1,5H2,(H2,6,9)/t2-,3-/m0/s1. The number of primary amides is 1. The maximum Gasteiger partial charge on any atom is 0.237 e. The van der Waals surface area contributed by atoms with E-state index in [1.807, 2.05) is 0 Å². The second-order valence-electron chi connectivity index (χ2n) is 1.68. The predicted molar refractivity (Wildman–Crippen MR) is 30.3 cm³/mol. The fourth-order valence-corrected chi connectivity index (χ4v) is 0.303. The third-order valence-corrected chi connectivity index (χ3v) is 0.930. The van der Waals surface area contributed by atoms with E-state index in [1.54, 1.807) is 0 Å². The Labute approximate surface area is 52.3 Å². The van der Waals surface area contributed by atoms with E-state index in [1.165, 1.54) is 0 Å². The van der Waals surface area contributed by atoms with Crippen molar-refractivity contribution in [2.24, 2.45) is 11.5 Å². The van der Waals surface area contributed by atoms with Crippen molar-refractivity contribution in [3.8, 4) is 0 Å². The lowest BCUT2D eigenvalue weighted by Crippen LogP contribution is -2.47. The summed E-state index contributed by atoms with van der Waals surface area (Å²) < 4.78 is 0. The third-order valence-electron chi connectivity index (χ3n) is 0.930. The molecule has 1 amide bonds. The molecule has 0 aromatic carbocycles. The average molecular weight is 134 g/mol. The van der Waals surface area contributed by atoms with E-state index < -0.39 is 24.7 Å². The molecule has 2 atom stereocenters. The van der Waals surface area contributed by atoms with Crippen LogP contribution in [-0.4, -0.2) is 34.9 Å². The number of carbonyl (C=O) groups is 1. The maximum atomic E-state index is 10.1. The number of carbonyl (C=O) groups excluding carboxylic acids is 1. The summed E-state index contributed by atoms with van der Waals surface area (Å²) in [5, 5.41) is 16.8. The van der Waals surface area contributed by atoms with E-state index in [9.17, 15) is 4.79 Å². The minimum Gasteiger partial charge on any atom is -0.394 e. The van der Waals surface area contributed by atoms with Crippen molar-refractivity contribution in [1.82, 2.24) is 0 Å². The summed E-state index contributed by atoms with van der Waals surface area (Å²) in [7, 11) is 0. The summed E-state index contributed by atoms with van der Waals surface area (Å²) in [4.78, 5) is 10.1. The highest BCUT2D eigenvalue weighted by molar-refractivity contribution is 5.80. The molecule has 0 rings (SSSR count). The van der Waals surface area contributed by atoms with Gasteiger partial charge in [0, 0.05) is 0 Å². The van der Waals surface area contributed by atoms with Crippen LogP contribution in [0.2, 0.25) is 0 Å². The smallest absolute Gasteiger partial charge is 0.237 e. The summed E-state index contributed by atoms with van der Waals surface area (Å²) in [5.41, 5.74) is 9.66. The van der Waals surface area contributed by atoms with Gasteiger partial charge in [0.1, 0.15) is 12.1 Å². The molecule has 54 valence electrons. The van der Waals surface area contributed by atoms with Crippen LogP contribution in [0.15, 0.2) is 0 Å². The Hall–Kier alpha value is -0.650. The van der Waals surface area contributed by atoms with E-state index in [0.29, 0.717) is 0 Å². The first kappa shape index (κ1) is 8.35. The van der Waals surface area contributed by atoms with Gasteiger partial charge in [-0.25, -0.2) is 0 Å². The molecule has 0 heterocycles. The van der Waals surface area contributed by atoms with Crippen LogP contribution < -0.4 is 11.5 Å². The first-order valence-corrected chi connectivity index (χ1v) is 2.43. The van der Waals surface area contributed by atoms with Gasteiger partial charge in [0.05, 0.1) is 6.61 Å². The topological polar surface area (TPSA) is 110 Å². The summed E-state index contributed by atoms with van der Waals surface area (Å²) >= 11 is 0. The van der Waals surface area contributed by atoms with E-state index in [-0.39, 0.29) is 0 Å². The largest absolute Gasteiger partial charge is 0.394 e. The predicted octanol–water partition coefficient (Wildman–Crippen LogP) is -2.85. The molecular weight excluding hydrogens is 124 g/mol. The zero-order valence-electron chi connectivity index (χ0n) is 4.82. The molecule has 0 aromatic heterocycles. The number of hydrogen-bond donors (Lipinski definition) is 4. The van der Waals surface area contributed by atoms with Crippen molar-refractivity contribution in [3.63, 3.8) is 0 Å². The first-order valence-electron chi connectivity index (χ1n) is 2.43. The Balaban J connectivity index is 3.72. The molecule has 0 saturated heterocycles. The Kier molecular flexibility index (Phi) is 3.15.